The molecule has 7 heteroatoms. The van der Waals surface area contributed by atoms with Crippen LogP contribution in [0, 0.1) is 6.92 Å². The number of ether oxygens (including phenoxy) is 2. The van der Waals surface area contributed by atoms with Crippen molar-refractivity contribution in [3.8, 4) is 5.75 Å². The lowest BCUT2D eigenvalue weighted by molar-refractivity contribution is -0.115. The molecule has 0 aliphatic carbocycles. The molecule has 1 amide bonds. The number of amides is 1. The Morgan fingerprint density at radius 3 is 2.72 bits per heavy atom. The molecule has 0 atom stereocenters. The zero-order valence-electron chi connectivity index (χ0n) is 14.2. The first-order chi connectivity index (χ1) is 12.0. The topological polar surface area (TPSA) is 96.2 Å². The molecule has 3 rings (SSSR count). The number of nitrogens with one attached hydrogen (secondary N) is 3. The Balaban J connectivity index is 1.81. The van der Waals surface area contributed by atoms with Gasteiger partial charge in [-0.1, -0.05) is 0 Å². The molecule has 3 aromatic rings. The van der Waals surface area contributed by atoms with Crippen molar-refractivity contribution >= 4 is 28.5 Å². The Labute approximate surface area is 144 Å². The van der Waals surface area contributed by atoms with Crippen molar-refractivity contribution in [3.63, 3.8) is 0 Å². The minimum Gasteiger partial charge on any atom is -0.497 e. The second-order valence-electron chi connectivity index (χ2n) is 5.68. The van der Waals surface area contributed by atoms with Gasteiger partial charge in [0.15, 0.2) is 0 Å². The van der Waals surface area contributed by atoms with E-state index in [0.29, 0.717) is 5.69 Å². The van der Waals surface area contributed by atoms with Gasteiger partial charge < -0.3 is 24.8 Å². The molecule has 25 heavy (non-hydrogen) atoms. The standard InChI is InChI=1S/C18H19N3O4/c1-10-6-15(17(20-10)18(23)25-3)21-16(22)7-11-9-19-14-5-4-12(24-2)8-13(11)14/h4-6,8-9,19-20H,7H2,1-3H3,(H,21,22). The van der Waals surface area contributed by atoms with Crippen molar-refractivity contribution < 1.29 is 19.1 Å². The maximum absolute atomic E-state index is 12.4. The fourth-order valence-corrected chi connectivity index (χ4v) is 2.75. The van der Waals surface area contributed by atoms with E-state index < -0.39 is 5.97 Å². The zero-order chi connectivity index (χ0) is 18.0. The highest BCUT2D eigenvalue weighted by Gasteiger charge is 2.17. The first-order valence-electron chi connectivity index (χ1n) is 7.73. The number of carbonyl (C=O) groups is 2. The molecule has 2 heterocycles. The van der Waals surface area contributed by atoms with Gasteiger partial charge in [0.1, 0.15) is 11.4 Å². The highest BCUT2D eigenvalue weighted by atomic mass is 16.5. The Kier molecular flexibility index (Phi) is 4.47. The van der Waals surface area contributed by atoms with Gasteiger partial charge in [-0.15, -0.1) is 0 Å². The number of aryl methyl sites for hydroxylation is 1. The maximum Gasteiger partial charge on any atom is 0.356 e. The summed E-state index contributed by atoms with van der Waals surface area (Å²) in [7, 11) is 2.90. The van der Waals surface area contributed by atoms with Crippen LogP contribution in [-0.2, 0) is 16.0 Å². The molecule has 0 saturated heterocycles. The molecule has 7 nitrogen and oxygen atoms in total. The summed E-state index contributed by atoms with van der Waals surface area (Å²) in [6.07, 6.45) is 1.96. The van der Waals surface area contributed by atoms with Crippen LogP contribution in [-0.4, -0.2) is 36.1 Å². The fourth-order valence-electron chi connectivity index (χ4n) is 2.75. The number of benzene rings is 1. The molecule has 1 aromatic carbocycles. The van der Waals surface area contributed by atoms with Gasteiger partial charge >= 0.3 is 5.97 Å². The van der Waals surface area contributed by atoms with Gasteiger partial charge in [-0.3, -0.25) is 4.79 Å². The van der Waals surface area contributed by atoms with Crippen molar-refractivity contribution in [2.45, 2.75) is 13.3 Å². The lowest BCUT2D eigenvalue weighted by Gasteiger charge is -2.06. The molecule has 0 saturated carbocycles. The largest absolute Gasteiger partial charge is 0.497 e. The number of hydrogen-bond acceptors (Lipinski definition) is 4. The van der Waals surface area contributed by atoms with Crippen LogP contribution in [0.3, 0.4) is 0 Å². The molecule has 0 aliphatic heterocycles. The number of carbonyl (C=O) groups excluding carboxylic acids is 2. The average molecular weight is 341 g/mol. The summed E-state index contributed by atoms with van der Waals surface area (Å²) < 4.78 is 9.96. The third-order valence-corrected chi connectivity index (χ3v) is 3.94. The van der Waals surface area contributed by atoms with E-state index in [1.54, 1.807) is 26.3 Å². The second kappa shape index (κ2) is 6.72. The summed E-state index contributed by atoms with van der Waals surface area (Å²) in [6, 6.07) is 7.34. The van der Waals surface area contributed by atoms with Gasteiger partial charge in [0.25, 0.3) is 0 Å². The van der Waals surface area contributed by atoms with E-state index in [-0.39, 0.29) is 18.0 Å². The summed E-state index contributed by atoms with van der Waals surface area (Å²) in [5, 5.41) is 3.69. The van der Waals surface area contributed by atoms with Crippen LogP contribution in [0.1, 0.15) is 21.7 Å². The predicted molar refractivity (Wildman–Crippen MR) is 94.1 cm³/mol. The average Bonchev–Trinajstić information content (AvgIpc) is 3.17. The summed E-state index contributed by atoms with van der Waals surface area (Å²) in [4.78, 5) is 30.2. The van der Waals surface area contributed by atoms with Crippen LogP contribution in [0.2, 0.25) is 0 Å². The molecule has 0 unspecified atom stereocenters. The third-order valence-electron chi connectivity index (χ3n) is 3.94. The second-order valence-corrected chi connectivity index (χ2v) is 5.68. The number of H-pyrrole nitrogens is 2. The SMILES string of the molecule is COC(=O)c1[nH]c(C)cc1NC(=O)Cc1c[nH]c2ccc(OC)cc12. The number of methoxy groups -OCH3 is 2. The lowest BCUT2D eigenvalue weighted by Crippen LogP contribution is -2.16. The van der Waals surface area contributed by atoms with E-state index in [0.717, 1.165) is 27.9 Å². The van der Waals surface area contributed by atoms with E-state index >= 15 is 0 Å². The van der Waals surface area contributed by atoms with E-state index in [9.17, 15) is 9.59 Å². The van der Waals surface area contributed by atoms with Gasteiger partial charge in [-0.05, 0) is 36.8 Å². The Bertz CT molecular complexity index is 939. The highest BCUT2D eigenvalue weighted by molar-refractivity contribution is 6.02. The smallest absolute Gasteiger partial charge is 0.356 e. The van der Waals surface area contributed by atoms with Crippen LogP contribution >= 0.6 is 0 Å². The van der Waals surface area contributed by atoms with Gasteiger partial charge in [0.05, 0.1) is 26.3 Å². The fraction of sp³-hybridized carbons (Fsp3) is 0.222. The van der Waals surface area contributed by atoms with Crippen LogP contribution < -0.4 is 10.1 Å². The van der Waals surface area contributed by atoms with Gasteiger partial charge in [0.2, 0.25) is 5.91 Å². The first kappa shape index (κ1) is 16.6. The molecule has 3 N–H and O–H groups in total. The number of aromatic amines is 2. The van der Waals surface area contributed by atoms with Crippen molar-refractivity contribution in [2.24, 2.45) is 0 Å². The monoisotopic (exact) mass is 341 g/mol. The Morgan fingerprint density at radius 1 is 1.20 bits per heavy atom. The van der Waals surface area contributed by atoms with E-state index in [2.05, 4.69) is 15.3 Å². The summed E-state index contributed by atoms with van der Waals surface area (Å²) in [5.74, 6) is -0.0314. The number of fused-ring (bicyclic) bond motifs is 1. The summed E-state index contributed by atoms with van der Waals surface area (Å²) in [5.41, 5.74) is 3.17. The number of esters is 1. The molecule has 2 aromatic heterocycles. The van der Waals surface area contributed by atoms with Gasteiger partial charge in [0, 0.05) is 22.8 Å². The van der Waals surface area contributed by atoms with Crippen LogP contribution in [0.4, 0.5) is 5.69 Å². The van der Waals surface area contributed by atoms with Crippen molar-refractivity contribution in [2.75, 3.05) is 19.5 Å². The van der Waals surface area contributed by atoms with E-state index in [1.807, 2.05) is 18.2 Å². The zero-order valence-corrected chi connectivity index (χ0v) is 14.2. The predicted octanol–water partition coefficient (Wildman–Crippen LogP) is 2.78. The molecule has 130 valence electrons. The van der Waals surface area contributed by atoms with Crippen molar-refractivity contribution in [3.05, 3.63) is 47.4 Å². The third kappa shape index (κ3) is 3.35. The Morgan fingerprint density at radius 2 is 2.00 bits per heavy atom. The molecule has 0 bridgehead atoms. The van der Waals surface area contributed by atoms with Crippen LogP contribution in [0.15, 0.2) is 30.5 Å². The minimum atomic E-state index is -0.528. The molecule has 0 radical (unpaired) electrons. The summed E-state index contributed by atoms with van der Waals surface area (Å²) in [6.45, 7) is 1.80. The molecule has 0 fully saturated rings. The summed E-state index contributed by atoms with van der Waals surface area (Å²) >= 11 is 0. The number of rotatable bonds is 5. The normalized spacial score (nSPS) is 10.7. The number of anilines is 1. The Hall–Kier alpha value is -3.22. The molecule has 0 spiro atoms. The molecule has 0 aliphatic rings. The number of aromatic nitrogens is 2. The van der Waals surface area contributed by atoms with Crippen molar-refractivity contribution in [1.82, 2.24) is 9.97 Å². The maximum atomic E-state index is 12.4. The van der Waals surface area contributed by atoms with E-state index in [4.69, 9.17) is 9.47 Å². The molecular formula is C18H19N3O4. The quantitative estimate of drug-likeness (QED) is 0.622. The van der Waals surface area contributed by atoms with Crippen molar-refractivity contribution in [1.29, 1.82) is 0 Å². The van der Waals surface area contributed by atoms with Gasteiger partial charge in [-0.2, -0.15) is 0 Å². The first-order valence-corrected chi connectivity index (χ1v) is 7.73. The lowest BCUT2D eigenvalue weighted by atomic mass is 10.1. The van der Waals surface area contributed by atoms with Crippen LogP contribution in [0.25, 0.3) is 10.9 Å². The number of hydrogen-bond donors (Lipinski definition) is 3. The molecular weight excluding hydrogens is 322 g/mol. The van der Waals surface area contributed by atoms with E-state index in [1.165, 1.54) is 7.11 Å². The highest BCUT2D eigenvalue weighted by Crippen LogP contribution is 2.24. The minimum absolute atomic E-state index is 0.165. The van der Waals surface area contributed by atoms with Gasteiger partial charge in [-0.25, -0.2) is 4.79 Å². The van der Waals surface area contributed by atoms with Crippen LogP contribution in [0.5, 0.6) is 5.75 Å².